The van der Waals surface area contributed by atoms with Crippen molar-refractivity contribution < 1.29 is 19.2 Å². The molecule has 11 nitrogen and oxygen atoms in total. The molecule has 4 aromatic rings. The Hall–Kier alpha value is -4.80. The first-order valence-electron chi connectivity index (χ1n) is 10.8. The van der Waals surface area contributed by atoms with E-state index in [1.807, 2.05) is 30.3 Å². The molecule has 0 aliphatic heterocycles. The van der Waals surface area contributed by atoms with Gasteiger partial charge < -0.3 is 10.1 Å². The average Bonchev–Trinajstić information content (AvgIpc) is 3.52. The minimum Gasteiger partial charge on any atom is -0.465 e. The Bertz CT molecular complexity index is 1360. The van der Waals surface area contributed by atoms with E-state index < -0.39 is 10.9 Å². The topological polar surface area (TPSA) is 134 Å². The standard InChI is InChI=1S/C24H22N6O5/c1-35-24(32)19-10-5-6-11-20(19)26-22(31)12-7-13-28-16-21(30(33)34)23(27-28)17-14-25-29(15-17)18-8-3-2-4-9-18/h2-6,8-11,14-16H,7,12-13H2,1H3,(H,26,31). The third kappa shape index (κ3) is 5.41. The van der Waals surface area contributed by atoms with Gasteiger partial charge in [-0.25, -0.2) is 9.48 Å². The summed E-state index contributed by atoms with van der Waals surface area (Å²) in [7, 11) is 1.27. The molecule has 0 unspecified atom stereocenters. The van der Waals surface area contributed by atoms with E-state index >= 15 is 0 Å². The van der Waals surface area contributed by atoms with Gasteiger partial charge in [0.25, 0.3) is 0 Å². The van der Waals surface area contributed by atoms with E-state index in [-0.39, 0.29) is 29.3 Å². The molecule has 1 N–H and O–H groups in total. The molecule has 0 saturated carbocycles. The summed E-state index contributed by atoms with van der Waals surface area (Å²) in [4.78, 5) is 35.4. The normalized spacial score (nSPS) is 10.7. The highest BCUT2D eigenvalue weighted by molar-refractivity contribution is 6.01. The molecule has 4 rings (SSSR count). The number of nitrogens with zero attached hydrogens (tertiary/aromatic N) is 5. The van der Waals surface area contributed by atoms with Gasteiger partial charge in [-0.1, -0.05) is 30.3 Å². The van der Waals surface area contributed by atoms with E-state index in [9.17, 15) is 19.7 Å². The second-order valence-corrected chi connectivity index (χ2v) is 7.58. The van der Waals surface area contributed by atoms with Gasteiger partial charge >= 0.3 is 11.7 Å². The first-order valence-corrected chi connectivity index (χ1v) is 10.8. The zero-order valence-corrected chi connectivity index (χ0v) is 18.8. The Labute approximate surface area is 200 Å². The van der Waals surface area contributed by atoms with Crippen LogP contribution >= 0.6 is 0 Å². The second-order valence-electron chi connectivity index (χ2n) is 7.58. The van der Waals surface area contributed by atoms with Crippen molar-refractivity contribution in [3.63, 3.8) is 0 Å². The Morgan fingerprint density at radius 1 is 1.09 bits per heavy atom. The minimum absolute atomic E-state index is 0.129. The number of hydrogen-bond acceptors (Lipinski definition) is 7. The Morgan fingerprint density at radius 2 is 1.83 bits per heavy atom. The lowest BCUT2D eigenvalue weighted by Gasteiger charge is -2.09. The van der Waals surface area contributed by atoms with E-state index in [1.165, 1.54) is 24.2 Å². The molecule has 0 spiro atoms. The smallest absolute Gasteiger partial charge is 0.339 e. The fraction of sp³-hybridized carbons (Fsp3) is 0.167. The number of nitrogens with one attached hydrogen (secondary N) is 1. The first-order chi connectivity index (χ1) is 17.0. The van der Waals surface area contributed by atoms with E-state index in [2.05, 4.69) is 15.5 Å². The first kappa shape index (κ1) is 23.4. The maximum atomic E-state index is 12.4. The number of esters is 1. The van der Waals surface area contributed by atoms with Crippen LogP contribution in [0.5, 0.6) is 0 Å². The number of aryl methyl sites for hydroxylation is 1. The summed E-state index contributed by atoms with van der Waals surface area (Å²) in [6.07, 6.45) is 5.07. The van der Waals surface area contributed by atoms with E-state index in [0.29, 0.717) is 24.2 Å². The van der Waals surface area contributed by atoms with Gasteiger partial charge in [0.15, 0.2) is 5.69 Å². The van der Waals surface area contributed by atoms with Crippen LogP contribution in [0, 0.1) is 10.1 Å². The van der Waals surface area contributed by atoms with Gasteiger partial charge in [-0.15, -0.1) is 0 Å². The number of nitro groups is 1. The van der Waals surface area contributed by atoms with Crippen LogP contribution < -0.4 is 5.32 Å². The van der Waals surface area contributed by atoms with Crippen LogP contribution in [0.3, 0.4) is 0 Å². The molecule has 178 valence electrons. The lowest BCUT2D eigenvalue weighted by molar-refractivity contribution is -0.384. The maximum Gasteiger partial charge on any atom is 0.339 e. The van der Waals surface area contributed by atoms with Crippen molar-refractivity contribution in [1.29, 1.82) is 0 Å². The van der Waals surface area contributed by atoms with E-state index in [0.717, 1.165) is 5.69 Å². The summed E-state index contributed by atoms with van der Waals surface area (Å²) < 4.78 is 7.80. The molecule has 0 atom stereocenters. The lowest BCUT2D eigenvalue weighted by Crippen LogP contribution is -2.15. The third-order valence-corrected chi connectivity index (χ3v) is 5.21. The zero-order chi connectivity index (χ0) is 24.8. The Balaban J connectivity index is 1.42. The van der Waals surface area contributed by atoms with Crippen LogP contribution in [0.4, 0.5) is 11.4 Å². The third-order valence-electron chi connectivity index (χ3n) is 5.21. The van der Waals surface area contributed by atoms with Gasteiger partial charge in [0.05, 0.1) is 35.2 Å². The molecule has 0 aliphatic rings. The fourth-order valence-electron chi connectivity index (χ4n) is 3.53. The number of anilines is 1. The van der Waals surface area contributed by atoms with Crippen molar-refractivity contribution in [3.05, 3.63) is 88.9 Å². The molecule has 11 heteroatoms. The second kappa shape index (κ2) is 10.4. The Kier molecular flexibility index (Phi) is 6.96. The Morgan fingerprint density at radius 3 is 2.57 bits per heavy atom. The molecule has 2 aromatic heterocycles. The number of benzene rings is 2. The minimum atomic E-state index is -0.548. The van der Waals surface area contributed by atoms with Gasteiger partial charge in [-0.3, -0.25) is 19.6 Å². The van der Waals surface area contributed by atoms with Gasteiger partial charge in [-0.05, 0) is 30.7 Å². The molecule has 0 aliphatic carbocycles. The highest BCUT2D eigenvalue weighted by Gasteiger charge is 2.22. The fourth-order valence-corrected chi connectivity index (χ4v) is 3.53. The predicted octanol–water partition coefficient (Wildman–Crippen LogP) is 3.85. The number of aromatic nitrogens is 4. The largest absolute Gasteiger partial charge is 0.465 e. The molecule has 2 aromatic carbocycles. The van der Waals surface area contributed by atoms with Gasteiger partial charge in [0, 0.05) is 24.7 Å². The maximum absolute atomic E-state index is 12.4. The van der Waals surface area contributed by atoms with Crippen molar-refractivity contribution >= 4 is 23.3 Å². The van der Waals surface area contributed by atoms with Crippen LogP contribution in [0.15, 0.2) is 73.2 Å². The van der Waals surface area contributed by atoms with Crippen LogP contribution in [0.2, 0.25) is 0 Å². The molecule has 1 amide bonds. The SMILES string of the molecule is COC(=O)c1ccccc1NC(=O)CCCn1cc([N+](=O)[O-])c(-c2cnn(-c3ccccc3)c2)n1. The molecular formula is C24H22N6O5. The van der Waals surface area contributed by atoms with E-state index in [1.54, 1.807) is 35.1 Å². The van der Waals surface area contributed by atoms with Gasteiger partial charge in [-0.2, -0.15) is 10.2 Å². The summed E-state index contributed by atoms with van der Waals surface area (Å²) in [6.45, 7) is 0.291. The molecular weight excluding hydrogens is 452 g/mol. The van der Waals surface area contributed by atoms with Crippen molar-refractivity contribution in [2.45, 2.75) is 19.4 Å². The summed E-state index contributed by atoms with van der Waals surface area (Å²) >= 11 is 0. The average molecular weight is 474 g/mol. The molecule has 2 heterocycles. The lowest BCUT2D eigenvalue weighted by atomic mass is 10.1. The van der Waals surface area contributed by atoms with E-state index in [4.69, 9.17) is 4.74 Å². The van der Waals surface area contributed by atoms with Crippen LogP contribution in [0.25, 0.3) is 16.9 Å². The quantitative estimate of drug-likeness (QED) is 0.221. The highest BCUT2D eigenvalue weighted by atomic mass is 16.6. The number of methoxy groups -OCH3 is 1. The number of ether oxygens (including phenoxy) is 1. The molecule has 0 bridgehead atoms. The number of rotatable bonds is 9. The van der Waals surface area contributed by atoms with Crippen LogP contribution in [-0.2, 0) is 16.1 Å². The van der Waals surface area contributed by atoms with Crippen molar-refractivity contribution in [1.82, 2.24) is 19.6 Å². The molecule has 35 heavy (non-hydrogen) atoms. The number of amides is 1. The zero-order valence-electron chi connectivity index (χ0n) is 18.8. The van der Waals surface area contributed by atoms with Gasteiger partial charge in [0.1, 0.15) is 6.20 Å². The number of para-hydroxylation sites is 2. The summed E-state index contributed by atoms with van der Waals surface area (Å²) in [5, 5.41) is 23.0. The summed E-state index contributed by atoms with van der Waals surface area (Å²) in [6, 6.07) is 15.9. The number of carbonyl (C=O) groups is 2. The van der Waals surface area contributed by atoms with Gasteiger partial charge in [0.2, 0.25) is 5.91 Å². The highest BCUT2D eigenvalue weighted by Crippen LogP contribution is 2.28. The van der Waals surface area contributed by atoms with Crippen molar-refractivity contribution in [2.24, 2.45) is 0 Å². The summed E-state index contributed by atoms with van der Waals surface area (Å²) in [5.41, 5.74) is 2.00. The van der Waals surface area contributed by atoms with Crippen molar-refractivity contribution in [3.8, 4) is 16.9 Å². The predicted molar refractivity (Wildman–Crippen MR) is 127 cm³/mol. The number of hydrogen-bond donors (Lipinski definition) is 1. The monoisotopic (exact) mass is 474 g/mol. The van der Waals surface area contributed by atoms with Crippen LogP contribution in [-0.4, -0.2) is 43.5 Å². The summed E-state index contributed by atoms with van der Waals surface area (Å²) in [5.74, 6) is -0.847. The van der Waals surface area contributed by atoms with Crippen molar-refractivity contribution in [2.75, 3.05) is 12.4 Å². The molecule has 0 fully saturated rings. The van der Waals surface area contributed by atoms with Crippen LogP contribution in [0.1, 0.15) is 23.2 Å². The molecule has 0 radical (unpaired) electrons. The number of carbonyl (C=O) groups excluding carboxylic acids is 2. The molecule has 0 saturated heterocycles.